The highest BCUT2D eigenvalue weighted by atomic mass is 32.1. The zero-order valence-corrected chi connectivity index (χ0v) is 20.3. The number of hydrazine groups is 2. The van der Waals surface area contributed by atoms with Crippen LogP contribution in [0.4, 0.5) is 22.7 Å². The molecule has 0 unspecified atom stereocenters. The van der Waals surface area contributed by atoms with Crippen molar-refractivity contribution in [2.24, 2.45) is 5.92 Å². The number of hydrogen-bond donors (Lipinski definition) is 3. The Hall–Kier alpha value is -2.31. The van der Waals surface area contributed by atoms with Crippen molar-refractivity contribution >= 4 is 40.0 Å². The molecule has 1 aliphatic rings. The minimum absolute atomic E-state index is 0.332. The van der Waals surface area contributed by atoms with Crippen LogP contribution in [-0.4, -0.2) is 23.6 Å². The number of rotatable bonds is 9. The lowest BCUT2D eigenvalue weighted by atomic mass is 10.00. The Kier molecular flexibility index (Phi) is 8.15. The summed E-state index contributed by atoms with van der Waals surface area (Å²) in [6, 6.07) is 17.9. The normalized spacial score (nSPS) is 16.9. The molecule has 31 heavy (non-hydrogen) atoms. The van der Waals surface area contributed by atoms with Crippen LogP contribution in [0.2, 0.25) is 0 Å². The number of unbranched alkanes of at least 4 members (excludes halogenated alkanes) is 1. The molecule has 0 spiro atoms. The molecule has 2 aromatic carbocycles. The summed E-state index contributed by atoms with van der Waals surface area (Å²) in [4.78, 5) is 0.965. The molecule has 2 aromatic rings. The molecule has 5 nitrogen and oxygen atoms in total. The molecule has 1 heterocycles. The van der Waals surface area contributed by atoms with Gasteiger partial charge in [0.25, 0.3) is 0 Å². The van der Waals surface area contributed by atoms with Crippen LogP contribution >= 0.6 is 12.2 Å². The summed E-state index contributed by atoms with van der Waals surface area (Å²) < 4.78 is 0. The minimum atomic E-state index is 0.332. The number of thiocarbonyl (C=S) groups is 1. The third kappa shape index (κ3) is 6.34. The molecule has 0 radical (unpaired) electrons. The van der Waals surface area contributed by atoms with E-state index in [1.54, 1.807) is 0 Å². The van der Waals surface area contributed by atoms with Gasteiger partial charge in [-0.25, -0.2) is 0 Å². The van der Waals surface area contributed by atoms with Gasteiger partial charge in [0.1, 0.15) is 4.99 Å². The van der Waals surface area contributed by atoms with E-state index >= 15 is 0 Å². The molecular formula is C25H37N5S. The number of nitrogens with one attached hydrogen (secondary N) is 3. The van der Waals surface area contributed by atoms with E-state index in [4.69, 9.17) is 12.2 Å². The van der Waals surface area contributed by atoms with Crippen LogP contribution in [0.5, 0.6) is 0 Å². The van der Waals surface area contributed by atoms with E-state index in [1.807, 2.05) is 0 Å². The molecule has 0 aliphatic carbocycles. The number of anilines is 4. The average Bonchev–Trinajstić information content (AvgIpc) is 2.73. The van der Waals surface area contributed by atoms with Crippen molar-refractivity contribution in [2.75, 3.05) is 27.2 Å². The fourth-order valence-electron chi connectivity index (χ4n) is 3.82. The van der Waals surface area contributed by atoms with Crippen molar-refractivity contribution in [1.82, 2.24) is 5.53 Å². The third-order valence-corrected chi connectivity index (χ3v) is 5.83. The van der Waals surface area contributed by atoms with Crippen LogP contribution in [0.3, 0.4) is 0 Å². The molecule has 0 amide bonds. The van der Waals surface area contributed by atoms with Gasteiger partial charge < -0.3 is 10.6 Å². The Labute approximate surface area is 193 Å². The quantitative estimate of drug-likeness (QED) is 0.404. The van der Waals surface area contributed by atoms with Crippen LogP contribution < -0.4 is 26.2 Å². The third-order valence-electron chi connectivity index (χ3n) is 5.31. The maximum absolute atomic E-state index is 5.93. The smallest absolute Gasteiger partial charge is 0.104 e. The lowest BCUT2D eigenvalue weighted by Crippen LogP contribution is -2.61. The summed E-state index contributed by atoms with van der Waals surface area (Å²) in [7, 11) is 0. The van der Waals surface area contributed by atoms with Crippen molar-refractivity contribution in [2.45, 2.75) is 66.0 Å². The Bertz CT molecular complexity index is 832. The van der Waals surface area contributed by atoms with Crippen LogP contribution in [-0.2, 0) is 0 Å². The van der Waals surface area contributed by atoms with Gasteiger partial charge >= 0.3 is 0 Å². The number of nitrogens with zero attached hydrogens (tertiary/aromatic N) is 2. The zero-order valence-electron chi connectivity index (χ0n) is 19.5. The Morgan fingerprint density at radius 1 is 0.903 bits per heavy atom. The second-order valence-corrected chi connectivity index (χ2v) is 9.33. The Morgan fingerprint density at radius 3 is 1.90 bits per heavy atom. The molecule has 3 rings (SSSR count). The van der Waals surface area contributed by atoms with E-state index < -0.39 is 0 Å². The van der Waals surface area contributed by atoms with E-state index in [0.29, 0.717) is 18.0 Å². The van der Waals surface area contributed by atoms with Gasteiger partial charge in [-0.15, -0.1) is 5.53 Å². The van der Waals surface area contributed by atoms with Gasteiger partial charge in [0.2, 0.25) is 0 Å². The predicted octanol–water partition coefficient (Wildman–Crippen LogP) is 6.21. The summed E-state index contributed by atoms with van der Waals surface area (Å²) >= 11 is 5.93. The molecule has 1 atom stereocenters. The monoisotopic (exact) mass is 439 g/mol. The fraction of sp³-hybridized carbons (Fsp3) is 0.480. The van der Waals surface area contributed by atoms with E-state index in [2.05, 4.69) is 109 Å². The first-order valence-corrected chi connectivity index (χ1v) is 11.9. The average molecular weight is 440 g/mol. The summed E-state index contributed by atoms with van der Waals surface area (Å²) in [5, 5.41) is 11.2. The fourth-order valence-corrected chi connectivity index (χ4v) is 4.15. The summed E-state index contributed by atoms with van der Waals surface area (Å²) in [6.45, 7) is 11.7. The first-order valence-electron chi connectivity index (χ1n) is 11.5. The summed E-state index contributed by atoms with van der Waals surface area (Å²) in [5.74, 6) is 0.332. The van der Waals surface area contributed by atoms with Gasteiger partial charge in [-0.3, -0.25) is 10.0 Å². The second kappa shape index (κ2) is 10.8. The van der Waals surface area contributed by atoms with Crippen molar-refractivity contribution in [3.63, 3.8) is 0 Å². The maximum Gasteiger partial charge on any atom is 0.104 e. The largest absolute Gasteiger partial charge is 0.383 e. The molecule has 1 saturated heterocycles. The van der Waals surface area contributed by atoms with Crippen molar-refractivity contribution < 1.29 is 0 Å². The minimum Gasteiger partial charge on any atom is -0.383 e. The van der Waals surface area contributed by atoms with Crippen molar-refractivity contribution in [3.8, 4) is 0 Å². The zero-order chi connectivity index (χ0) is 22.4. The van der Waals surface area contributed by atoms with Crippen LogP contribution in [0.1, 0.15) is 53.9 Å². The highest BCUT2D eigenvalue weighted by Gasteiger charge is 2.30. The number of hydrogen-bond acceptors (Lipinski definition) is 5. The van der Waals surface area contributed by atoms with Crippen molar-refractivity contribution in [3.05, 3.63) is 48.5 Å². The molecule has 1 fully saturated rings. The van der Waals surface area contributed by atoms with Gasteiger partial charge in [-0.05, 0) is 82.6 Å². The standard InChI is InChI=1S/C25H37N5S/c1-6-7-8-20-17-29(23-13-9-21(10-14-23)26-18(2)3)28-30(25(20)31)24-15-11-22(12-16-24)27-19(4)5/h9-16,18-20,26-28H,6-8,17H2,1-5H3/t20-/m0/s1. The lowest BCUT2D eigenvalue weighted by Gasteiger charge is -2.43. The highest BCUT2D eigenvalue weighted by molar-refractivity contribution is 7.80. The predicted molar refractivity (Wildman–Crippen MR) is 139 cm³/mol. The van der Waals surface area contributed by atoms with Crippen LogP contribution in [0, 0.1) is 5.92 Å². The first kappa shape index (κ1) is 23.4. The lowest BCUT2D eigenvalue weighted by molar-refractivity contribution is 0.489. The topological polar surface area (TPSA) is 42.6 Å². The van der Waals surface area contributed by atoms with Gasteiger partial charge in [0, 0.05) is 35.9 Å². The van der Waals surface area contributed by atoms with Crippen LogP contribution in [0.15, 0.2) is 48.5 Å². The SMILES string of the molecule is CCCC[C@H]1CN(c2ccc(NC(C)C)cc2)NN(c2ccc(NC(C)C)cc2)C1=S. The van der Waals surface area contributed by atoms with Gasteiger partial charge in [-0.2, -0.15) is 0 Å². The second-order valence-electron chi connectivity index (χ2n) is 8.92. The Balaban J connectivity index is 1.82. The van der Waals surface area contributed by atoms with E-state index in [9.17, 15) is 0 Å². The summed E-state index contributed by atoms with van der Waals surface area (Å²) in [5.41, 5.74) is 8.00. The van der Waals surface area contributed by atoms with Crippen molar-refractivity contribution in [1.29, 1.82) is 0 Å². The molecule has 6 heteroatoms. The molecule has 0 aromatic heterocycles. The van der Waals surface area contributed by atoms with Gasteiger partial charge in [-0.1, -0.05) is 32.0 Å². The van der Waals surface area contributed by atoms with Gasteiger partial charge in [0.15, 0.2) is 0 Å². The number of benzene rings is 2. The first-order chi connectivity index (χ1) is 14.9. The molecule has 168 valence electrons. The summed E-state index contributed by atoms with van der Waals surface area (Å²) in [6.07, 6.45) is 3.46. The molecule has 0 bridgehead atoms. The highest BCUT2D eigenvalue weighted by Crippen LogP contribution is 2.28. The van der Waals surface area contributed by atoms with E-state index in [1.165, 1.54) is 12.8 Å². The maximum atomic E-state index is 5.93. The van der Waals surface area contributed by atoms with E-state index in [0.717, 1.165) is 40.7 Å². The Morgan fingerprint density at radius 2 is 1.42 bits per heavy atom. The molecular weight excluding hydrogens is 402 g/mol. The van der Waals surface area contributed by atoms with E-state index in [-0.39, 0.29) is 0 Å². The molecule has 3 N–H and O–H groups in total. The molecule has 1 aliphatic heterocycles. The van der Waals surface area contributed by atoms with Crippen LogP contribution in [0.25, 0.3) is 0 Å². The molecule has 0 saturated carbocycles. The van der Waals surface area contributed by atoms with Gasteiger partial charge in [0.05, 0.1) is 11.4 Å².